The molecular formula is C25H20ClN3O2. The van der Waals surface area contributed by atoms with E-state index in [1.54, 1.807) is 59.7 Å². The Hall–Kier alpha value is -3.70. The van der Waals surface area contributed by atoms with Crippen LogP contribution < -0.4 is 5.32 Å². The monoisotopic (exact) mass is 429 g/mol. The number of ketones is 1. The Morgan fingerprint density at radius 3 is 2.29 bits per heavy atom. The van der Waals surface area contributed by atoms with Crippen molar-refractivity contribution in [3.63, 3.8) is 0 Å². The van der Waals surface area contributed by atoms with Crippen LogP contribution in [0.2, 0.25) is 5.02 Å². The van der Waals surface area contributed by atoms with Crippen molar-refractivity contribution in [3.8, 4) is 11.1 Å². The molecule has 5 nitrogen and oxygen atoms in total. The second kappa shape index (κ2) is 9.41. The zero-order valence-electron chi connectivity index (χ0n) is 16.6. The van der Waals surface area contributed by atoms with E-state index in [0.29, 0.717) is 16.1 Å². The third-order valence-electron chi connectivity index (χ3n) is 4.95. The third-order valence-corrected chi connectivity index (χ3v) is 5.27. The summed E-state index contributed by atoms with van der Waals surface area (Å²) in [4.78, 5) is 30.1. The highest BCUT2D eigenvalue weighted by Gasteiger charge is 2.24. The van der Waals surface area contributed by atoms with Gasteiger partial charge in [-0.3, -0.25) is 9.59 Å². The van der Waals surface area contributed by atoms with Gasteiger partial charge in [0.2, 0.25) is 0 Å². The molecule has 154 valence electrons. The lowest BCUT2D eigenvalue weighted by molar-refractivity contribution is 0.0847. The maximum absolute atomic E-state index is 13.1. The highest BCUT2D eigenvalue weighted by atomic mass is 35.5. The fraction of sp³-hybridized carbons (Fsp3) is 0.0800. The fourth-order valence-electron chi connectivity index (χ4n) is 3.35. The molecule has 0 aliphatic carbocycles. The van der Waals surface area contributed by atoms with Gasteiger partial charge in [0.15, 0.2) is 5.78 Å². The molecule has 0 fully saturated rings. The first-order chi connectivity index (χ1) is 15.1. The summed E-state index contributed by atoms with van der Waals surface area (Å²) < 4.78 is 1.76. The van der Waals surface area contributed by atoms with Gasteiger partial charge < -0.3 is 9.88 Å². The minimum atomic E-state index is -0.769. The van der Waals surface area contributed by atoms with Crippen molar-refractivity contribution in [1.29, 1.82) is 0 Å². The van der Waals surface area contributed by atoms with E-state index in [1.165, 1.54) is 0 Å². The van der Waals surface area contributed by atoms with Crippen molar-refractivity contribution in [2.75, 3.05) is 0 Å². The molecule has 0 radical (unpaired) electrons. The summed E-state index contributed by atoms with van der Waals surface area (Å²) in [7, 11) is 0. The van der Waals surface area contributed by atoms with Gasteiger partial charge >= 0.3 is 0 Å². The zero-order chi connectivity index (χ0) is 21.6. The average Bonchev–Trinajstić information content (AvgIpc) is 3.32. The molecule has 3 aromatic carbocycles. The fourth-order valence-corrected chi connectivity index (χ4v) is 3.62. The molecule has 1 aromatic heterocycles. The van der Waals surface area contributed by atoms with E-state index in [-0.39, 0.29) is 12.3 Å². The van der Waals surface area contributed by atoms with Crippen LogP contribution in [0.25, 0.3) is 11.1 Å². The number of aromatic nitrogens is 2. The molecule has 0 saturated heterocycles. The molecule has 31 heavy (non-hydrogen) atoms. The molecule has 1 atom stereocenters. The largest absolute Gasteiger partial charge is 0.340 e. The maximum Gasteiger partial charge on any atom is 0.253 e. The molecule has 0 bridgehead atoms. The Balaban J connectivity index is 1.57. The van der Waals surface area contributed by atoms with Gasteiger partial charge in [-0.05, 0) is 23.3 Å². The van der Waals surface area contributed by atoms with Gasteiger partial charge in [-0.25, -0.2) is 4.98 Å². The van der Waals surface area contributed by atoms with Gasteiger partial charge in [0.05, 0.1) is 23.5 Å². The summed E-state index contributed by atoms with van der Waals surface area (Å²) in [6.07, 6.45) is 4.99. The number of amides is 1. The van der Waals surface area contributed by atoms with Crippen molar-refractivity contribution in [2.45, 2.75) is 12.6 Å². The summed E-state index contributed by atoms with van der Waals surface area (Å²) in [5.41, 5.74) is 2.77. The normalized spacial score (nSPS) is 11.6. The Morgan fingerprint density at radius 2 is 1.65 bits per heavy atom. The van der Waals surface area contributed by atoms with Crippen molar-refractivity contribution < 1.29 is 9.59 Å². The third kappa shape index (κ3) is 4.90. The molecule has 4 aromatic rings. The molecule has 0 saturated carbocycles. The summed E-state index contributed by atoms with van der Waals surface area (Å²) in [6, 6.07) is 23.2. The molecule has 1 heterocycles. The molecule has 0 aliphatic heterocycles. The van der Waals surface area contributed by atoms with Gasteiger partial charge in [0.25, 0.3) is 5.91 Å². The number of halogens is 1. The number of nitrogens with one attached hydrogen (secondary N) is 1. The second-order valence-corrected chi connectivity index (χ2v) is 7.48. The number of Topliss-reactive ketones (excluding diaryl/α,β-unsaturated/α-hetero) is 1. The topological polar surface area (TPSA) is 64.0 Å². The number of rotatable bonds is 7. The zero-order valence-corrected chi connectivity index (χ0v) is 17.4. The second-order valence-electron chi connectivity index (χ2n) is 7.08. The lowest BCUT2D eigenvalue weighted by Gasteiger charge is -2.19. The SMILES string of the molecule is O=C(NC(Cn1ccnc1)C(=O)c1ccccc1)c1ccc(-c2ccccc2)cc1Cl. The lowest BCUT2D eigenvalue weighted by Crippen LogP contribution is -2.43. The van der Waals surface area contributed by atoms with Crippen molar-refractivity contribution >= 4 is 23.3 Å². The average molecular weight is 430 g/mol. The molecule has 1 amide bonds. The molecule has 4 rings (SSSR count). The van der Waals surface area contributed by atoms with E-state index < -0.39 is 11.9 Å². The van der Waals surface area contributed by atoms with Crippen LogP contribution in [0.1, 0.15) is 20.7 Å². The van der Waals surface area contributed by atoms with Gasteiger partial charge in [-0.15, -0.1) is 0 Å². The van der Waals surface area contributed by atoms with E-state index in [4.69, 9.17) is 11.6 Å². The van der Waals surface area contributed by atoms with E-state index in [1.807, 2.05) is 42.5 Å². The van der Waals surface area contributed by atoms with Crippen LogP contribution in [0.5, 0.6) is 0 Å². The van der Waals surface area contributed by atoms with Gasteiger partial charge in [-0.2, -0.15) is 0 Å². The molecule has 0 aliphatic rings. The number of hydrogen-bond acceptors (Lipinski definition) is 3. The summed E-state index contributed by atoms with van der Waals surface area (Å²) in [5, 5.41) is 3.17. The first kappa shape index (κ1) is 20.6. The highest BCUT2D eigenvalue weighted by molar-refractivity contribution is 6.34. The van der Waals surface area contributed by atoms with Crippen molar-refractivity contribution in [1.82, 2.24) is 14.9 Å². The number of hydrogen-bond donors (Lipinski definition) is 1. The van der Waals surface area contributed by atoms with Crippen LogP contribution in [-0.4, -0.2) is 27.3 Å². The summed E-state index contributed by atoms with van der Waals surface area (Å²) in [6.45, 7) is 0.263. The Morgan fingerprint density at radius 1 is 0.935 bits per heavy atom. The van der Waals surface area contributed by atoms with Gasteiger partial charge in [0, 0.05) is 18.0 Å². The van der Waals surface area contributed by atoms with Gasteiger partial charge in [0.1, 0.15) is 6.04 Å². The number of carbonyl (C=O) groups is 2. The number of benzene rings is 3. The predicted octanol–water partition coefficient (Wildman–Crippen LogP) is 4.89. The number of carbonyl (C=O) groups excluding carboxylic acids is 2. The van der Waals surface area contributed by atoms with E-state index >= 15 is 0 Å². The minimum absolute atomic E-state index is 0.181. The smallest absolute Gasteiger partial charge is 0.253 e. The standard InChI is InChI=1S/C25H20ClN3O2/c26-22-15-20(18-7-3-1-4-8-18)11-12-21(22)25(31)28-23(16-29-14-13-27-17-29)24(30)19-9-5-2-6-10-19/h1-15,17,23H,16H2,(H,28,31). The quantitative estimate of drug-likeness (QED) is 0.425. The van der Waals surface area contributed by atoms with E-state index in [0.717, 1.165) is 11.1 Å². The van der Waals surface area contributed by atoms with Crippen molar-refractivity contribution in [3.05, 3.63) is 114 Å². The van der Waals surface area contributed by atoms with Crippen LogP contribution in [0.15, 0.2) is 97.6 Å². The maximum atomic E-state index is 13.1. The van der Waals surface area contributed by atoms with Crippen molar-refractivity contribution in [2.24, 2.45) is 0 Å². The Labute approximate surface area is 185 Å². The Kier molecular flexibility index (Phi) is 6.24. The van der Waals surface area contributed by atoms with Crippen LogP contribution in [-0.2, 0) is 6.54 Å². The minimum Gasteiger partial charge on any atom is -0.340 e. The first-order valence-corrected chi connectivity index (χ1v) is 10.2. The summed E-state index contributed by atoms with van der Waals surface area (Å²) in [5.74, 6) is -0.585. The Bertz CT molecular complexity index is 1180. The van der Waals surface area contributed by atoms with Crippen LogP contribution in [0.3, 0.4) is 0 Å². The van der Waals surface area contributed by atoms with Crippen LogP contribution >= 0.6 is 11.6 Å². The first-order valence-electron chi connectivity index (χ1n) is 9.82. The number of nitrogens with zero attached hydrogens (tertiary/aromatic N) is 2. The van der Waals surface area contributed by atoms with E-state index in [9.17, 15) is 9.59 Å². The summed E-state index contributed by atoms with van der Waals surface area (Å²) >= 11 is 6.44. The highest BCUT2D eigenvalue weighted by Crippen LogP contribution is 2.25. The van der Waals surface area contributed by atoms with Crippen LogP contribution in [0, 0.1) is 0 Å². The molecular weight excluding hydrogens is 410 g/mol. The molecule has 1 N–H and O–H groups in total. The van der Waals surface area contributed by atoms with Gasteiger partial charge in [-0.1, -0.05) is 78.3 Å². The molecule has 6 heteroatoms. The van der Waals surface area contributed by atoms with Crippen LogP contribution in [0.4, 0.5) is 0 Å². The molecule has 0 spiro atoms. The predicted molar refractivity (Wildman–Crippen MR) is 121 cm³/mol. The lowest BCUT2D eigenvalue weighted by atomic mass is 10.0. The number of imidazole rings is 1. The van der Waals surface area contributed by atoms with E-state index in [2.05, 4.69) is 10.3 Å². The molecule has 1 unspecified atom stereocenters.